The smallest absolute Gasteiger partial charge is 0.162 e. The second kappa shape index (κ2) is 2.56. The van der Waals surface area contributed by atoms with Crippen molar-refractivity contribution in [1.29, 1.82) is 0 Å². The molecule has 12 heavy (non-hydrogen) atoms. The monoisotopic (exact) mass is 181 g/mol. The van der Waals surface area contributed by atoms with Gasteiger partial charge in [0.1, 0.15) is 5.01 Å². The van der Waals surface area contributed by atoms with Gasteiger partial charge >= 0.3 is 0 Å². The quantitative estimate of drug-likeness (QED) is 0.606. The zero-order valence-electron chi connectivity index (χ0n) is 6.51. The van der Waals surface area contributed by atoms with E-state index in [0.717, 1.165) is 6.42 Å². The SMILES string of the molecule is C#Cc1cnc(C2(F)CCC2)s1. The molecule has 0 radical (unpaired) electrons. The molecular weight excluding hydrogens is 173 g/mol. The number of aromatic nitrogens is 1. The lowest BCUT2D eigenvalue weighted by molar-refractivity contribution is 0.0606. The third kappa shape index (κ3) is 1.03. The highest BCUT2D eigenvalue weighted by Crippen LogP contribution is 2.46. The second-order valence-electron chi connectivity index (χ2n) is 2.99. The molecule has 0 bridgehead atoms. The summed E-state index contributed by atoms with van der Waals surface area (Å²) in [5, 5.41) is 0.557. The molecule has 1 aliphatic carbocycles. The number of alkyl halides is 1. The first-order valence-electron chi connectivity index (χ1n) is 3.86. The predicted molar refractivity (Wildman–Crippen MR) is 46.7 cm³/mol. The summed E-state index contributed by atoms with van der Waals surface area (Å²) in [4.78, 5) is 4.70. The van der Waals surface area contributed by atoms with Gasteiger partial charge in [-0.1, -0.05) is 5.92 Å². The number of terminal acetylenes is 1. The molecule has 0 amide bonds. The van der Waals surface area contributed by atoms with Gasteiger partial charge in [-0.2, -0.15) is 0 Å². The van der Waals surface area contributed by atoms with E-state index in [1.807, 2.05) is 0 Å². The highest BCUT2D eigenvalue weighted by Gasteiger charge is 2.41. The lowest BCUT2D eigenvalue weighted by Crippen LogP contribution is -2.28. The van der Waals surface area contributed by atoms with Crippen molar-refractivity contribution in [2.24, 2.45) is 0 Å². The standard InChI is InChI=1S/C9H8FNS/c1-2-7-6-11-8(12-7)9(10)4-3-5-9/h1,6H,3-5H2. The van der Waals surface area contributed by atoms with Crippen molar-refractivity contribution in [3.05, 3.63) is 16.1 Å². The Balaban J connectivity index is 2.29. The molecule has 0 saturated heterocycles. The molecule has 0 aromatic carbocycles. The first kappa shape index (κ1) is 7.75. The molecule has 0 spiro atoms. The third-order valence-corrected chi connectivity index (χ3v) is 3.29. The molecule has 1 aromatic heterocycles. The van der Waals surface area contributed by atoms with Gasteiger partial charge in [-0.15, -0.1) is 17.8 Å². The minimum absolute atomic E-state index is 0.557. The Kier molecular flexibility index (Phi) is 1.66. The normalized spacial score (nSPS) is 19.7. The zero-order valence-corrected chi connectivity index (χ0v) is 7.33. The Bertz CT molecular complexity index is 333. The van der Waals surface area contributed by atoms with Crippen LogP contribution < -0.4 is 0 Å². The summed E-state index contributed by atoms with van der Waals surface area (Å²) < 4.78 is 13.7. The van der Waals surface area contributed by atoms with Gasteiger partial charge in [0.2, 0.25) is 0 Å². The van der Waals surface area contributed by atoms with Crippen molar-refractivity contribution in [3.8, 4) is 12.3 Å². The maximum atomic E-state index is 13.7. The maximum absolute atomic E-state index is 13.7. The Morgan fingerprint density at radius 1 is 1.67 bits per heavy atom. The van der Waals surface area contributed by atoms with Gasteiger partial charge in [-0.25, -0.2) is 9.37 Å². The molecule has 2 rings (SSSR count). The first-order chi connectivity index (χ1) is 5.74. The van der Waals surface area contributed by atoms with E-state index in [4.69, 9.17) is 6.42 Å². The van der Waals surface area contributed by atoms with Crippen LogP contribution in [0, 0.1) is 12.3 Å². The number of halogens is 1. The number of nitrogens with zero attached hydrogens (tertiary/aromatic N) is 1. The molecule has 1 aliphatic rings. The van der Waals surface area contributed by atoms with Gasteiger partial charge < -0.3 is 0 Å². The molecule has 1 aromatic rings. The van der Waals surface area contributed by atoms with E-state index >= 15 is 0 Å². The lowest BCUT2D eigenvalue weighted by Gasteiger charge is -2.31. The third-order valence-electron chi connectivity index (χ3n) is 2.18. The Morgan fingerprint density at radius 3 is 2.83 bits per heavy atom. The van der Waals surface area contributed by atoms with Crippen molar-refractivity contribution in [3.63, 3.8) is 0 Å². The number of hydrogen-bond acceptors (Lipinski definition) is 2. The van der Waals surface area contributed by atoms with Gasteiger partial charge in [-0.05, 0) is 19.3 Å². The molecule has 1 heterocycles. The van der Waals surface area contributed by atoms with Crippen LogP contribution in [0.5, 0.6) is 0 Å². The van der Waals surface area contributed by atoms with Gasteiger partial charge in [0, 0.05) is 0 Å². The van der Waals surface area contributed by atoms with Crippen molar-refractivity contribution >= 4 is 11.3 Å². The first-order valence-corrected chi connectivity index (χ1v) is 4.68. The largest absolute Gasteiger partial charge is 0.245 e. The van der Waals surface area contributed by atoms with E-state index in [1.54, 1.807) is 6.20 Å². The fourth-order valence-electron chi connectivity index (χ4n) is 1.25. The molecule has 1 nitrogen and oxygen atoms in total. The molecule has 1 saturated carbocycles. The van der Waals surface area contributed by atoms with Crippen LogP contribution in [-0.4, -0.2) is 4.98 Å². The minimum Gasteiger partial charge on any atom is -0.245 e. The lowest BCUT2D eigenvalue weighted by atomic mass is 9.83. The topological polar surface area (TPSA) is 12.9 Å². The predicted octanol–water partition coefficient (Wildman–Crippen LogP) is 2.47. The van der Waals surface area contributed by atoms with E-state index in [9.17, 15) is 4.39 Å². The average Bonchev–Trinajstić information content (AvgIpc) is 2.48. The summed E-state index contributed by atoms with van der Waals surface area (Å²) in [5.41, 5.74) is -1.15. The molecule has 62 valence electrons. The van der Waals surface area contributed by atoms with Crippen molar-refractivity contribution in [2.45, 2.75) is 24.9 Å². The van der Waals surface area contributed by atoms with E-state index in [0.29, 0.717) is 22.7 Å². The van der Waals surface area contributed by atoms with Crippen LogP contribution >= 0.6 is 11.3 Å². The van der Waals surface area contributed by atoms with Gasteiger partial charge in [0.05, 0.1) is 11.1 Å². The van der Waals surface area contributed by atoms with Gasteiger partial charge in [0.15, 0.2) is 5.67 Å². The Labute approximate surface area is 74.6 Å². The summed E-state index contributed by atoms with van der Waals surface area (Å²) >= 11 is 1.29. The van der Waals surface area contributed by atoms with Gasteiger partial charge in [-0.3, -0.25) is 0 Å². The van der Waals surface area contributed by atoms with E-state index in [1.165, 1.54) is 11.3 Å². The summed E-state index contributed by atoms with van der Waals surface area (Å²) in [6, 6.07) is 0. The summed E-state index contributed by atoms with van der Waals surface area (Å²) in [6.07, 6.45) is 8.90. The molecule has 0 atom stereocenters. The van der Waals surface area contributed by atoms with Crippen molar-refractivity contribution in [1.82, 2.24) is 4.98 Å². The van der Waals surface area contributed by atoms with Crippen LogP contribution in [0.25, 0.3) is 0 Å². The molecule has 0 unspecified atom stereocenters. The number of hydrogen-bond donors (Lipinski definition) is 0. The van der Waals surface area contributed by atoms with Crippen LogP contribution in [0.3, 0.4) is 0 Å². The van der Waals surface area contributed by atoms with Crippen LogP contribution in [0.4, 0.5) is 4.39 Å². The second-order valence-corrected chi connectivity index (χ2v) is 4.02. The maximum Gasteiger partial charge on any atom is 0.162 e. The summed E-state index contributed by atoms with van der Waals surface area (Å²) in [5.74, 6) is 2.46. The van der Waals surface area contributed by atoms with Crippen LogP contribution in [0.1, 0.15) is 29.1 Å². The summed E-state index contributed by atoms with van der Waals surface area (Å²) in [7, 11) is 0. The van der Waals surface area contributed by atoms with E-state index < -0.39 is 5.67 Å². The zero-order chi connectivity index (χ0) is 8.60. The summed E-state index contributed by atoms with van der Waals surface area (Å²) in [6.45, 7) is 0. The molecular formula is C9H8FNS. The minimum atomic E-state index is -1.15. The van der Waals surface area contributed by atoms with Crippen LogP contribution in [0.2, 0.25) is 0 Å². The van der Waals surface area contributed by atoms with E-state index in [-0.39, 0.29) is 0 Å². The fraction of sp³-hybridized carbons (Fsp3) is 0.444. The highest BCUT2D eigenvalue weighted by atomic mass is 32.1. The molecule has 0 aliphatic heterocycles. The molecule has 3 heteroatoms. The highest BCUT2D eigenvalue weighted by molar-refractivity contribution is 7.12. The average molecular weight is 181 g/mol. The number of rotatable bonds is 1. The van der Waals surface area contributed by atoms with Gasteiger partial charge in [0.25, 0.3) is 0 Å². The Morgan fingerprint density at radius 2 is 2.42 bits per heavy atom. The molecule has 1 fully saturated rings. The van der Waals surface area contributed by atoms with Crippen molar-refractivity contribution in [2.75, 3.05) is 0 Å². The van der Waals surface area contributed by atoms with Crippen molar-refractivity contribution < 1.29 is 4.39 Å². The molecule has 0 N–H and O–H groups in total. The van der Waals surface area contributed by atoms with E-state index in [2.05, 4.69) is 10.9 Å². The van der Waals surface area contributed by atoms with Crippen LogP contribution in [0.15, 0.2) is 6.20 Å². The van der Waals surface area contributed by atoms with Crippen LogP contribution in [-0.2, 0) is 5.67 Å². The Hall–Kier alpha value is -0.880. The number of thiazole rings is 1. The fourth-order valence-corrected chi connectivity index (χ4v) is 2.11.